The molecule has 1 aliphatic heterocycles. The van der Waals surface area contributed by atoms with Crippen LogP contribution < -0.4 is 0 Å². The van der Waals surface area contributed by atoms with Gasteiger partial charge >= 0.3 is 0 Å². The van der Waals surface area contributed by atoms with Crippen LogP contribution in [0.3, 0.4) is 0 Å². The highest BCUT2D eigenvalue weighted by molar-refractivity contribution is 7.15. The molecule has 0 radical (unpaired) electrons. The first kappa shape index (κ1) is 18.2. The predicted octanol–water partition coefficient (Wildman–Crippen LogP) is 5.74. The minimum atomic E-state index is 0.832. The second-order valence-electron chi connectivity index (χ2n) is 7.62. The Morgan fingerprint density at radius 2 is 1.76 bits per heavy atom. The van der Waals surface area contributed by atoms with Gasteiger partial charge in [0.15, 0.2) is 5.82 Å². The number of thiophene rings is 1. The monoisotopic (exact) mass is 397 g/mol. The van der Waals surface area contributed by atoms with E-state index >= 15 is 0 Å². The molecule has 144 valence electrons. The molecule has 29 heavy (non-hydrogen) atoms. The summed E-state index contributed by atoms with van der Waals surface area (Å²) in [5.74, 6) is 0.832. The van der Waals surface area contributed by atoms with Crippen molar-refractivity contribution in [3.63, 3.8) is 0 Å². The highest BCUT2D eigenvalue weighted by Crippen LogP contribution is 2.30. The number of nitrogens with zero attached hydrogens (tertiary/aromatic N) is 3. The Labute approximate surface area is 175 Å². The lowest BCUT2D eigenvalue weighted by atomic mass is 10.1. The Morgan fingerprint density at radius 1 is 0.931 bits per heavy atom. The fourth-order valence-corrected chi connectivity index (χ4v) is 4.85. The summed E-state index contributed by atoms with van der Waals surface area (Å²) >= 11 is 1.89. The van der Waals surface area contributed by atoms with Crippen LogP contribution in [0.5, 0.6) is 0 Å². The van der Waals surface area contributed by atoms with Crippen LogP contribution in [0.15, 0.2) is 72.9 Å². The maximum absolute atomic E-state index is 4.84. The molecule has 0 unspecified atom stereocenters. The van der Waals surface area contributed by atoms with Gasteiger partial charge in [-0.25, -0.2) is 9.97 Å². The van der Waals surface area contributed by atoms with Crippen LogP contribution in [0.25, 0.3) is 21.8 Å². The van der Waals surface area contributed by atoms with Crippen molar-refractivity contribution in [2.75, 3.05) is 6.54 Å². The van der Waals surface area contributed by atoms with Crippen LogP contribution >= 0.6 is 11.3 Å². The van der Waals surface area contributed by atoms with Gasteiger partial charge in [-0.15, -0.1) is 11.3 Å². The lowest BCUT2D eigenvalue weighted by Crippen LogP contribution is -2.30. The summed E-state index contributed by atoms with van der Waals surface area (Å²) in [6.07, 6.45) is 3.00. The third-order valence-corrected chi connectivity index (χ3v) is 6.54. The summed E-state index contributed by atoms with van der Waals surface area (Å²) in [6.45, 7) is 5.07. The molecule has 0 saturated carbocycles. The van der Waals surface area contributed by atoms with Gasteiger partial charge in [-0.3, -0.25) is 4.90 Å². The van der Waals surface area contributed by atoms with Gasteiger partial charge in [-0.05, 0) is 24.6 Å². The van der Waals surface area contributed by atoms with E-state index in [9.17, 15) is 0 Å². The van der Waals surface area contributed by atoms with E-state index in [0.29, 0.717) is 0 Å². The average Bonchev–Trinajstić information content (AvgIpc) is 3.23. The molecule has 0 saturated heterocycles. The first-order valence-corrected chi connectivity index (χ1v) is 10.8. The van der Waals surface area contributed by atoms with Crippen molar-refractivity contribution in [1.29, 1.82) is 0 Å². The molecule has 3 heterocycles. The zero-order chi connectivity index (χ0) is 19.6. The van der Waals surface area contributed by atoms with Crippen molar-refractivity contribution in [2.24, 2.45) is 0 Å². The highest BCUT2D eigenvalue weighted by Gasteiger charge is 2.19. The fourth-order valence-electron chi connectivity index (χ4n) is 3.79. The van der Waals surface area contributed by atoms with Gasteiger partial charge in [0, 0.05) is 53.1 Å². The number of hydrogen-bond donors (Lipinski definition) is 0. The van der Waals surface area contributed by atoms with Crippen LogP contribution in [0.4, 0.5) is 0 Å². The molecule has 0 aliphatic carbocycles. The Morgan fingerprint density at radius 3 is 2.59 bits per heavy atom. The minimum absolute atomic E-state index is 0.832. The van der Waals surface area contributed by atoms with Gasteiger partial charge in [-0.1, -0.05) is 60.2 Å². The summed E-state index contributed by atoms with van der Waals surface area (Å²) in [5, 5.41) is 0. The molecular weight excluding hydrogens is 374 g/mol. The van der Waals surface area contributed by atoms with E-state index in [1.165, 1.54) is 32.1 Å². The van der Waals surface area contributed by atoms with Gasteiger partial charge in [0.25, 0.3) is 0 Å². The number of aromatic nitrogens is 2. The second-order valence-corrected chi connectivity index (χ2v) is 8.79. The fraction of sp³-hybridized carbons (Fsp3) is 0.200. The van der Waals surface area contributed by atoms with Crippen molar-refractivity contribution in [3.05, 3.63) is 94.6 Å². The molecule has 4 heteroatoms. The molecule has 2 aromatic heterocycles. The summed E-state index contributed by atoms with van der Waals surface area (Å²) in [7, 11) is 0. The molecule has 0 N–H and O–H groups in total. The Bertz CT molecular complexity index is 1120. The molecule has 5 rings (SSSR count). The number of aryl methyl sites for hydroxylation is 1. The average molecular weight is 398 g/mol. The molecule has 0 amide bonds. The summed E-state index contributed by atoms with van der Waals surface area (Å²) in [6, 6.07) is 23.5. The molecule has 0 spiro atoms. The van der Waals surface area contributed by atoms with Crippen LogP contribution in [0.1, 0.15) is 21.7 Å². The lowest BCUT2D eigenvalue weighted by molar-refractivity contribution is 0.245. The van der Waals surface area contributed by atoms with Crippen LogP contribution in [-0.4, -0.2) is 21.4 Å². The zero-order valence-corrected chi connectivity index (χ0v) is 17.3. The molecule has 3 nitrogen and oxygen atoms in total. The third kappa shape index (κ3) is 4.00. The maximum Gasteiger partial charge on any atom is 0.159 e. The third-order valence-electron chi connectivity index (χ3n) is 5.42. The van der Waals surface area contributed by atoms with Gasteiger partial charge in [0.2, 0.25) is 0 Å². The van der Waals surface area contributed by atoms with Crippen molar-refractivity contribution in [3.8, 4) is 21.8 Å². The molecular formula is C25H23N3S. The number of rotatable bonds is 4. The summed E-state index contributed by atoms with van der Waals surface area (Å²) < 4.78 is 0. The van der Waals surface area contributed by atoms with Crippen LogP contribution in [-0.2, 0) is 19.5 Å². The van der Waals surface area contributed by atoms with Gasteiger partial charge < -0.3 is 0 Å². The molecule has 4 aromatic rings. The van der Waals surface area contributed by atoms with Crippen LogP contribution in [0.2, 0.25) is 0 Å². The largest absolute Gasteiger partial charge is 0.293 e. The number of fused-ring (bicyclic) bond motifs is 1. The SMILES string of the molecule is Cc1ccc(-c2ccc(CN3CCc4nc(-c5ccccc5)ncc4C3)s2)cc1. The lowest BCUT2D eigenvalue weighted by Gasteiger charge is -2.27. The molecule has 2 aromatic carbocycles. The van der Waals surface area contributed by atoms with Crippen molar-refractivity contribution in [1.82, 2.24) is 14.9 Å². The van der Waals surface area contributed by atoms with E-state index in [2.05, 4.69) is 65.3 Å². The van der Waals surface area contributed by atoms with E-state index < -0.39 is 0 Å². The molecule has 0 atom stereocenters. The highest BCUT2D eigenvalue weighted by atomic mass is 32.1. The minimum Gasteiger partial charge on any atom is -0.293 e. The van der Waals surface area contributed by atoms with Crippen molar-refractivity contribution < 1.29 is 0 Å². The standard InChI is InChI=1S/C25H23N3S/c1-18-7-9-19(10-8-18)24-12-11-22(29-24)17-28-14-13-23-21(16-28)15-26-25(27-23)20-5-3-2-4-6-20/h2-12,15H,13-14,16-17H2,1H3. The quantitative estimate of drug-likeness (QED) is 0.440. The topological polar surface area (TPSA) is 29.0 Å². The van der Waals surface area contributed by atoms with Gasteiger partial charge in [0.1, 0.15) is 0 Å². The van der Waals surface area contributed by atoms with Crippen molar-refractivity contribution in [2.45, 2.75) is 26.4 Å². The smallest absolute Gasteiger partial charge is 0.159 e. The first-order valence-electron chi connectivity index (χ1n) is 10.0. The predicted molar refractivity (Wildman–Crippen MR) is 120 cm³/mol. The summed E-state index contributed by atoms with van der Waals surface area (Å²) in [5.41, 5.74) is 6.14. The summed E-state index contributed by atoms with van der Waals surface area (Å²) in [4.78, 5) is 14.7. The Hall–Kier alpha value is -2.82. The van der Waals surface area contributed by atoms with Crippen molar-refractivity contribution >= 4 is 11.3 Å². The van der Waals surface area contributed by atoms with E-state index in [1.807, 2.05) is 35.7 Å². The molecule has 0 bridgehead atoms. The van der Waals surface area contributed by atoms with Gasteiger partial charge in [-0.2, -0.15) is 0 Å². The molecule has 1 aliphatic rings. The van der Waals surface area contributed by atoms with Crippen LogP contribution in [0, 0.1) is 6.92 Å². The number of benzene rings is 2. The van der Waals surface area contributed by atoms with Gasteiger partial charge in [0.05, 0.1) is 5.69 Å². The van der Waals surface area contributed by atoms with E-state index in [4.69, 9.17) is 4.98 Å². The normalized spacial score (nSPS) is 14.0. The second kappa shape index (κ2) is 7.90. The number of hydrogen-bond acceptors (Lipinski definition) is 4. The Balaban J connectivity index is 1.29. The Kier molecular flexibility index (Phi) is 4.96. The van der Waals surface area contributed by atoms with E-state index in [1.54, 1.807) is 0 Å². The van der Waals surface area contributed by atoms with E-state index in [-0.39, 0.29) is 0 Å². The van der Waals surface area contributed by atoms with E-state index in [0.717, 1.165) is 37.4 Å². The zero-order valence-electron chi connectivity index (χ0n) is 16.5. The maximum atomic E-state index is 4.84. The first-order chi connectivity index (χ1) is 14.2. The molecule has 0 fully saturated rings.